The van der Waals surface area contributed by atoms with Gasteiger partial charge in [0.2, 0.25) is 0 Å². The third kappa shape index (κ3) is 5.93. The van der Waals surface area contributed by atoms with E-state index in [0.29, 0.717) is 18.2 Å². The Kier molecular flexibility index (Phi) is 8.40. The van der Waals surface area contributed by atoms with Gasteiger partial charge in [-0.1, -0.05) is 0 Å². The lowest BCUT2D eigenvalue weighted by molar-refractivity contribution is -0.0274. The molecule has 2 aliphatic heterocycles. The second-order valence-corrected chi connectivity index (χ2v) is 8.01. The molecule has 2 fully saturated rings. The zero-order chi connectivity index (χ0) is 17.5. The minimum absolute atomic E-state index is 0.536. The average Bonchev–Trinajstić information content (AvgIpc) is 2.58. The van der Waals surface area contributed by atoms with E-state index in [1.54, 1.807) is 0 Å². The van der Waals surface area contributed by atoms with Crippen molar-refractivity contribution in [2.24, 2.45) is 0 Å². The molecule has 0 radical (unpaired) electrons. The van der Waals surface area contributed by atoms with Crippen LogP contribution in [0.5, 0.6) is 0 Å². The maximum atomic E-state index is 3.60. The van der Waals surface area contributed by atoms with E-state index in [1.807, 2.05) is 0 Å². The highest BCUT2D eigenvalue weighted by atomic mass is 15.4. The van der Waals surface area contributed by atoms with Crippen LogP contribution in [0.4, 0.5) is 0 Å². The largest absolute Gasteiger partial charge is 0.314 e. The molecule has 2 atom stereocenters. The molecule has 0 saturated carbocycles. The molecular formula is C18H40N6. The van der Waals surface area contributed by atoms with Gasteiger partial charge in [0.15, 0.2) is 0 Å². The molecule has 0 bridgehead atoms. The van der Waals surface area contributed by atoms with Crippen molar-refractivity contribution in [2.45, 2.75) is 38.0 Å². The van der Waals surface area contributed by atoms with E-state index in [1.165, 1.54) is 39.0 Å². The Balaban J connectivity index is 1.97. The molecule has 2 rings (SSSR count). The first kappa shape index (κ1) is 20.1. The van der Waals surface area contributed by atoms with Crippen LogP contribution in [-0.2, 0) is 0 Å². The Morgan fingerprint density at radius 3 is 1.62 bits per heavy atom. The quantitative estimate of drug-likeness (QED) is 0.637. The molecule has 142 valence electrons. The molecule has 0 aromatic heterocycles. The SMILES string of the molecule is CC(N1CCNCC1CCN(C)C)N1CCNCC1CCN(C)C. The predicted molar refractivity (Wildman–Crippen MR) is 103 cm³/mol. The van der Waals surface area contributed by atoms with Gasteiger partial charge in [0.1, 0.15) is 0 Å². The Morgan fingerprint density at radius 2 is 1.25 bits per heavy atom. The minimum atomic E-state index is 0.536. The van der Waals surface area contributed by atoms with Crippen LogP contribution in [0.3, 0.4) is 0 Å². The number of hydrogen-bond donors (Lipinski definition) is 2. The summed E-state index contributed by atoms with van der Waals surface area (Å²) in [7, 11) is 8.71. The topological polar surface area (TPSA) is 37.0 Å². The Morgan fingerprint density at radius 1 is 0.833 bits per heavy atom. The summed E-state index contributed by atoms with van der Waals surface area (Å²) >= 11 is 0. The lowest BCUT2D eigenvalue weighted by Gasteiger charge is -2.49. The van der Waals surface area contributed by atoms with E-state index >= 15 is 0 Å². The molecule has 6 nitrogen and oxygen atoms in total. The van der Waals surface area contributed by atoms with Crippen LogP contribution in [0.25, 0.3) is 0 Å². The highest BCUT2D eigenvalue weighted by Gasteiger charge is 2.33. The molecular weight excluding hydrogens is 300 g/mol. The third-order valence-corrected chi connectivity index (χ3v) is 5.57. The average molecular weight is 341 g/mol. The number of hydrogen-bond acceptors (Lipinski definition) is 6. The molecule has 0 aromatic rings. The highest BCUT2D eigenvalue weighted by molar-refractivity contribution is 4.89. The monoisotopic (exact) mass is 340 g/mol. The first-order chi connectivity index (χ1) is 11.5. The van der Waals surface area contributed by atoms with Crippen LogP contribution < -0.4 is 10.6 Å². The van der Waals surface area contributed by atoms with E-state index in [9.17, 15) is 0 Å². The van der Waals surface area contributed by atoms with Gasteiger partial charge in [0.25, 0.3) is 0 Å². The van der Waals surface area contributed by atoms with Gasteiger partial charge in [-0.3, -0.25) is 9.80 Å². The van der Waals surface area contributed by atoms with Gasteiger partial charge >= 0.3 is 0 Å². The Bertz CT molecular complexity index is 316. The van der Waals surface area contributed by atoms with Gasteiger partial charge in [-0.2, -0.15) is 0 Å². The first-order valence-corrected chi connectivity index (χ1v) is 9.71. The van der Waals surface area contributed by atoms with Crippen LogP contribution in [0.15, 0.2) is 0 Å². The minimum Gasteiger partial charge on any atom is -0.314 e. The summed E-state index contributed by atoms with van der Waals surface area (Å²) in [6, 6.07) is 1.31. The molecule has 6 heteroatoms. The highest BCUT2D eigenvalue weighted by Crippen LogP contribution is 2.19. The lowest BCUT2D eigenvalue weighted by atomic mass is 10.1. The van der Waals surface area contributed by atoms with E-state index in [2.05, 4.69) is 65.3 Å². The molecule has 2 unspecified atom stereocenters. The van der Waals surface area contributed by atoms with Crippen LogP contribution in [0, 0.1) is 0 Å². The van der Waals surface area contributed by atoms with Crippen molar-refractivity contribution in [1.82, 2.24) is 30.2 Å². The van der Waals surface area contributed by atoms with Gasteiger partial charge in [-0.05, 0) is 61.0 Å². The number of piperazine rings is 2. The van der Waals surface area contributed by atoms with Crippen molar-refractivity contribution < 1.29 is 0 Å². The van der Waals surface area contributed by atoms with Crippen LogP contribution in [-0.4, -0.2) is 118 Å². The smallest absolute Gasteiger partial charge is 0.0600 e. The first-order valence-electron chi connectivity index (χ1n) is 9.71. The zero-order valence-electron chi connectivity index (χ0n) is 16.6. The molecule has 0 amide bonds. The molecule has 2 aliphatic rings. The molecule has 0 spiro atoms. The second-order valence-electron chi connectivity index (χ2n) is 8.01. The summed E-state index contributed by atoms with van der Waals surface area (Å²) in [6.07, 6.45) is 3.03. The number of rotatable bonds is 8. The number of nitrogens with one attached hydrogen (secondary N) is 2. The van der Waals surface area contributed by atoms with Gasteiger partial charge in [-0.25, -0.2) is 0 Å². The van der Waals surface area contributed by atoms with E-state index in [4.69, 9.17) is 0 Å². The van der Waals surface area contributed by atoms with Crippen molar-refractivity contribution >= 4 is 0 Å². The van der Waals surface area contributed by atoms with Gasteiger partial charge in [0, 0.05) is 51.4 Å². The van der Waals surface area contributed by atoms with E-state index in [0.717, 1.165) is 26.2 Å². The van der Waals surface area contributed by atoms with Gasteiger partial charge < -0.3 is 20.4 Å². The van der Waals surface area contributed by atoms with Crippen molar-refractivity contribution in [3.8, 4) is 0 Å². The molecule has 0 aromatic carbocycles. The van der Waals surface area contributed by atoms with E-state index in [-0.39, 0.29) is 0 Å². The zero-order valence-corrected chi connectivity index (χ0v) is 16.6. The van der Waals surface area contributed by atoms with Gasteiger partial charge in [-0.15, -0.1) is 0 Å². The van der Waals surface area contributed by atoms with Crippen LogP contribution >= 0.6 is 0 Å². The van der Waals surface area contributed by atoms with E-state index < -0.39 is 0 Å². The summed E-state index contributed by atoms with van der Waals surface area (Å²) in [5, 5.41) is 7.20. The summed E-state index contributed by atoms with van der Waals surface area (Å²) in [5.41, 5.74) is 0. The van der Waals surface area contributed by atoms with Crippen molar-refractivity contribution in [3.05, 3.63) is 0 Å². The standard InChI is InChI=1S/C18H40N6/c1-16(23-12-8-19-14-17(23)6-10-21(2)3)24-13-9-20-15-18(24)7-11-22(4)5/h16-20H,6-15H2,1-5H3. The predicted octanol–water partition coefficient (Wildman–Crippen LogP) is -0.217. The van der Waals surface area contributed by atoms with Crippen LogP contribution in [0.1, 0.15) is 19.8 Å². The number of nitrogens with zero attached hydrogens (tertiary/aromatic N) is 4. The summed E-state index contributed by atoms with van der Waals surface area (Å²) in [4.78, 5) is 10.1. The normalized spacial score (nSPS) is 28.6. The molecule has 24 heavy (non-hydrogen) atoms. The van der Waals surface area contributed by atoms with Crippen molar-refractivity contribution in [2.75, 3.05) is 80.5 Å². The fourth-order valence-electron chi connectivity index (χ4n) is 4.08. The maximum absolute atomic E-state index is 3.60. The molecule has 0 aliphatic carbocycles. The Hall–Kier alpha value is -0.240. The fraction of sp³-hybridized carbons (Fsp3) is 1.00. The summed E-state index contributed by atoms with van der Waals surface area (Å²) in [5.74, 6) is 0. The summed E-state index contributed by atoms with van der Waals surface area (Å²) in [6.45, 7) is 11.6. The molecule has 2 saturated heterocycles. The molecule has 2 heterocycles. The maximum Gasteiger partial charge on any atom is 0.0600 e. The fourth-order valence-corrected chi connectivity index (χ4v) is 4.08. The lowest BCUT2D eigenvalue weighted by Crippen LogP contribution is -2.64. The third-order valence-electron chi connectivity index (χ3n) is 5.57. The second kappa shape index (κ2) is 10.0. The van der Waals surface area contributed by atoms with Crippen molar-refractivity contribution in [1.29, 1.82) is 0 Å². The Labute approximate surface area is 149 Å². The molecule has 2 N–H and O–H groups in total. The van der Waals surface area contributed by atoms with Gasteiger partial charge in [0.05, 0.1) is 6.17 Å². The van der Waals surface area contributed by atoms with Crippen LogP contribution in [0.2, 0.25) is 0 Å². The summed E-state index contributed by atoms with van der Waals surface area (Å²) < 4.78 is 0. The van der Waals surface area contributed by atoms with Crippen molar-refractivity contribution in [3.63, 3.8) is 0 Å².